The zero-order valence-corrected chi connectivity index (χ0v) is 12.5. The molecule has 0 aliphatic rings. The highest BCUT2D eigenvalue weighted by atomic mass is 79.9. The van der Waals surface area contributed by atoms with Crippen molar-refractivity contribution in [3.63, 3.8) is 0 Å². The normalized spacial score (nSPS) is 10.2. The van der Waals surface area contributed by atoms with Crippen molar-refractivity contribution >= 4 is 33.2 Å². The lowest BCUT2D eigenvalue weighted by Gasteiger charge is -2.10. The SMILES string of the molecule is NC(=O)c1ccc(Br)cc1NCCc1ccc(N)cc1. The van der Waals surface area contributed by atoms with E-state index in [1.165, 1.54) is 5.56 Å². The molecule has 0 aliphatic carbocycles. The smallest absolute Gasteiger partial charge is 0.250 e. The molecule has 0 bridgehead atoms. The monoisotopic (exact) mass is 333 g/mol. The summed E-state index contributed by atoms with van der Waals surface area (Å²) in [4.78, 5) is 11.4. The third-order valence-electron chi connectivity index (χ3n) is 2.96. The van der Waals surface area contributed by atoms with E-state index in [4.69, 9.17) is 11.5 Å². The predicted molar refractivity (Wildman–Crippen MR) is 85.7 cm³/mol. The molecule has 2 rings (SSSR count). The van der Waals surface area contributed by atoms with Crippen molar-refractivity contribution in [3.05, 3.63) is 58.1 Å². The number of rotatable bonds is 5. The van der Waals surface area contributed by atoms with Gasteiger partial charge in [-0.3, -0.25) is 4.79 Å². The van der Waals surface area contributed by atoms with Crippen molar-refractivity contribution in [1.29, 1.82) is 0 Å². The molecule has 0 saturated carbocycles. The standard InChI is InChI=1S/C15H16BrN3O/c16-11-3-6-13(15(18)20)14(9-11)19-8-7-10-1-4-12(17)5-2-10/h1-6,9,19H,7-8,17H2,(H2,18,20). The molecule has 0 heterocycles. The number of halogens is 1. The van der Waals surface area contributed by atoms with E-state index < -0.39 is 5.91 Å². The summed E-state index contributed by atoms with van der Waals surface area (Å²) >= 11 is 3.38. The zero-order valence-electron chi connectivity index (χ0n) is 10.9. The molecule has 4 nitrogen and oxygen atoms in total. The first-order valence-corrected chi connectivity index (χ1v) is 7.03. The van der Waals surface area contributed by atoms with Crippen molar-refractivity contribution in [2.24, 2.45) is 5.73 Å². The van der Waals surface area contributed by atoms with Crippen molar-refractivity contribution < 1.29 is 4.79 Å². The van der Waals surface area contributed by atoms with Crippen LogP contribution in [-0.2, 0) is 6.42 Å². The van der Waals surface area contributed by atoms with Gasteiger partial charge in [0, 0.05) is 22.4 Å². The number of nitrogens with one attached hydrogen (secondary N) is 1. The molecule has 0 radical (unpaired) electrons. The first-order chi connectivity index (χ1) is 9.56. The quantitative estimate of drug-likeness (QED) is 0.736. The summed E-state index contributed by atoms with van der Waals surface area (Å²) in [6.45, 7) is 0.709. The molecule has 0 aromatic heterocycles. The number of anilines is 2. The van der Waals surface area contributed by atoms with Crippen molar-refractivity contribution in [2.45, 2.75) is 6.42 Å². The Morgan fingerprint density at radius 2 is 1.85 bits per heavy atom. The first kappa shape index (κ1) is 14.4. The summed E-state index contributed by atoms with van der Waals surface area (Å²) < 4.78 is 0.900. The molecule has 2 aromatic rings. The minimum absolute atomic E-state index is 0.438. The topological polar surface area (TPSA) is 81.1 Å². The summed E-state index contributed by atoms with van der Waals surface area (Å²) in [7, 11) is 0. The molecule has 0 unspecified atom stereocenters. The van der Waals surface area contributed by atoms with Crippen LogP contribution in [-0.4, -0.2) is 12.5 Å². The van der Waals surface area contributed by atoms with Crippen LogP contribution in [0.5, 0.6) is 0 Å². The Morgan fingerprint density at radius 3 is 2.50 bits per heavy atom. The Labute approximate surface area is 126 Å². The Morgan fingerprint density at radius 1 is 1.15 bits per heavy atom. The van der Waals surface area contributed by atoms with E-state index in [0.29, 0.717) is 12.1 Å². The molecule has 5 N–H and O–H groups in total. The summed E-state index contributed by atoms with van der Waals surface area (Å²) in [6, 6.07) is 13.1. The lowest BCUT2D eigenvalue weighted by atomic mass is 10.1. The number of hydrogen-bond donors (Lipinski definition) is 3. The van der Waals surface area contributed by atoms with E-state index in [9.17, 15) is 4.79 Å². The van der Waals surface area contributed by atoms with E-state index in [1.54, 1.807) is 12.1 Å². The van der Waals surface area contributed by atoms with E-state index in [2.05, 4.69) is 21.2 Å². The van der Waals surface area contributed by atoms with Gasteiger partial charge in [0.2, 0.25) is 0 Å². The molecule has 1 amide bonds. The van der Waals surface area contributed by atoms with E-state index in [1.807, 2.05) is 30.3 Å². The number of carbonyl (C=O) groups is 1. The van der Waals surface area contributed by atoms with Crippen molar-refractivity contribution in [2.75, 3.05) is 17.6 Å². The van der Waals surface area contributed by atoms with Crippen LogP contribution in [0.3, 0.4) is 0 Å². The molecule has 2 aromatic carbocycles. The average molecular weight is 334 g/mol. The summed E-state index contributed by atoms with van der Waals surface area (Å²) in [5.41, 5.74) is 14.2. The number of hydrogen-bond acceptors (Lipinski definition) is 3. The summed E-state index contributed by atoms with van der Waals surface area (Å²) in [5.74, 6) is -0.438. The van der Waals surface area contributed by atoms with E-state index >= 15 is 0 Å². The van der Waals surface area contributed by atoms with Gasteiger partial charge in [0.25, 0.3) is 5.91 Å². The van der Waals surface area contributed by atoms with Gasteiger partial charge in [0.1, 0.15) is 0 Å². The number of nitrogen functional groups attached to an aromatic ring is 1. The molecular weight excluding hydrogens is 318 g/mol. The third kappa shape index (κ3) is 3.74. The number of carbonyl (C=O) groups excluding carboxylic acids is 1. The van der Waals surface area contributed by atoms with Crippen LogP contribution in [0.25, 0.3) is 0 Å². The van der Waals surface area contributed by atoms with Crippen LogP contribution in [0.1, 0.15) is 15.9 Å². The lowest BCUT2D eigenvalue weighted by molar-refractivity contribution is 0.100. The molecule has 20 heavy (non-hydrogen) atoms. The predicted octanol–water partition coefficient (Wildman–Crippen LogP) is 2.78. The van der Waals surface area contributed by atoms with Gasteiger partial charge in [0.05, 0.1) is 5.56 Å². The largest absolute Gasteiger partial charge is 0.399 e. The van der Waals surface area contributed by atoms with E-state index in [0.717, 1.165) is 22.3 Å². The first-order valence-electron chi connectivity index (χ1n) is 6.24. The maximum Gasteiger partial charge on any atom is 0.250 e. The number of nitrogens with two attached hydrogens (primary N) is 2. The van der Waals surface area contributed by atoms with Crippen LogP contribution in [0.15, 0.2) is 46.9 Å². The summed E-state index contributed by atoms with van der Waals surface area (Å²) in [5, 5.41) is 3.24. The maximum absolute atomic E-state index is 11.4. The third-order valence-corrected chi connectivity index (χ3v) is 3.45. The minimum atomic E-state index is -0.438. The molecule has 104 valence electrons. The van der Waals surface area contributed by atoms with Gasteiger partial charge in [-0.2, -0.15) is 0 Å². The minimum Gasteiger partial charge on any atom is -0.399 e. The second kappa shape index (κ2) is 6.43. The molecular formula is C15H16BrN3O. The van der Waals surface area contributed by atoms with Gasteiger partial charge in [-0.15, -0.1) is 0 Å². The lowest BCUT2D eigenvalue weighted by Crippen LogP contribution is -2.15. The summed E-state index contributed by atoms with van der Waals surface area (Å²) in [6.07, 6.45) is 0.838. The average Bonchev–Trinajstić information content (AvgIpc) is 2.41. The second-order valence-corrected chi connectivity index (χ2v) is 5.39. The highest BCUT2D eigenvalue weighted by Crippen LogP contribution is 2.21. The van der Waals surface area contributed by atoms with Crippen molar-refractivity contribution in [1.82, 2.24) is 0 Å². The van der Waals surface area contributed by atoms with Crippen LogP contribution >= 0.6 is 15.9 Å². The molecule has 0 saturated heterocycles. The maximum atomic E-state index is 11.4. The fourth-order valence-electron chi connectivity index (χ4n) is 1.90. The fourth-order valence-corrected chi connectivity index (χ4v) is 2.26. The Balaban J connectivity index is 2.02. The van der Waals surface area contributed by atoms with Crippen LogP contribution in [0, 0.1) is 0 Å². The van der Waals surface area contributed by atoms with Crippen LogP contribution < -0.4 is 16.8 Å². The second-order valence-electron chi connectivity index (χ2n) is 4.47. The highest BCUT2D eigenvalue weighted by Gasteiger charge is 2.08. The van der Waals surface area contributed by atoms with E-state index in [-0.39, 0.29) is 0 Å². The van der Waals surface area contributed by atoms with Crippen molar-refractivity contribution in [3.8, 4) is 0 Å². The van der Waals surface area contributed by atoms with Gasteiger partial charge in [-0.1, -0.05) is 28.1 Å². The molecule has 0 spiro atoms. The zero-order chi connectivity index (χ0) is 14.5. The van der Waals surface area contributed by atoms with Gasteiger partial charge in [-0.25, -0.2) is 0 Å². The van der Waals surface area contributed by atoms with Crippen LogP contribution in [0.2, 0.25) is 0 Å². The Kier molecular flexibility index (Phi) is 4.63. The molecule has 0 aliphatic heterocycles. The molecule has 5 heteroatoms. The molecule has 0 fully saturated rings. The van der Waals surface area contributed by atoms with Gasteiger partial charge in [-0.05, 0) is 42.3 Å². The highest BCUT2D eigenvalue weighted by molar-refractivity contribution is 9.10. The Bertz CT molecular complexity index is 611. The number of benzene rings is 2. The number of amides is 1. The van der Waals surface area contributed by atoms with Gasteiger partial charge >= 0.3 is 0 Å². The van der Waals surface area contributed by atoms with Gasteiger partial charge < -0.3 is 16.8 Å². The molecule has 0 atom stereocenters. The van der Waals surface area contributed by atoms with Crippen LogP contribution in [0.4, 0.5) is 11.4 Å². The van der Waals surface area contributed by atoms with Gasteiger partial charge in [0.15, 0.2) is 0 Å². The fraction of sp³-hybridized carbons (Fsp3) is 0.133. The Hall–Kier alpha value is -2.01. The number of primary amides is 1.